The monoisotopic (exact) mass is 532 g/mol. The number of hydrogen-bond donors (Lipinski definition) is 2. The lowest BCUT2D eigenvalue weighted by Gasteiger charge is -2.12. The number of nitrogens with one attached hydrogen (secondary N) is 2. The fourth-order valence-electron chi connectivity index (χ4n) is 3.14. The van der Waals surface area contributed by atoms with Crippen molar-refractivity contribution in [1.29, 1.82) is 0 Å². The molecule has 0 unspecified atom stereocenters. The van der Waals surface area contributed by atoms with Gasteiger partial charge < -0.3 is 10.6 Å². The second kappa shape index (κ2) is 13.1. The molecule has 31 heavy (non-hydrogen) atoms. The summed E-state index contributed by atoms with van der Waals surface area (Å²) in [5, 5.41) is 6.74. The molecule has 2 aromatic heterocycles. The average molecular weight is 532 g/mol. The van der Waals surface area contributed by atoms with Crippen molar-refractivity contribution in [3.8, 4) is 5.82 Å². The maximum Gasteiger partial charge on any atom is 0.191 e. The van der Waals surface area contributed by atoms with Crippen molar-refractivity contribution in [2.75, 3.05) is 13.1 Å². The Kier molecular flexibility index (Phi) is 10.5. The minimum Gasteiger partial charge on any atom is -0.357 e. The normalized spacial score (nSPS) is 11.3. The zero-order valence-corrected chi connectivity index (χ0v) is 20.9. The van der Waals surface area contributed by atoms with Gasteiger partial charge in [-0.2, -0.15) is 0 Å². The van der Waals surface area contributed by atoms with Crippen molar-refractivity contribution < 1.29 is 0 Å². The summed E-state index contributed by atoms with van der Waals surface area (Å²) in [7, 11) is 0. The second-order valence-electron chi connectivity index (χ2n) is 7.62. The molecule has 3 rings (SSSR count). The van der Waals surface area contributed by atoms with Crippen LogP contribution in [0.15, 0.2) is 66.3 Å². The van der Waals surface area contributed by atoms with E-state index in [1.165, 1.54) is 11.1 Å². The van der Waals surface area contributed by atoms with Gasteiger partial charge in [-0.3, -0.25) is 4.57 Å². The number of rotatable bonds is 9. The van der Waals surface area contributed by atoms with Gasteiger partial charge in [0.05, 0.1) is 6.54 Å². The van der Waals surface area contributed by atoms with Gasteiger partial charge in [0.2, 0.25) is 0 Å². The predicted octanol–water partition coefficient (Wildman–Crippen LogP) is 4.70. The first-order valence-corrected chi connectivity index (χ1v) is 10.7. The Hall–Kier alpha value is -2.42. The van der Waals surface area contributed by atoms with Gasteiger partial charge in [-0.1, -0.05) is 44.2 Å². The standard InChI is InChI=1S/C24H32N6.HI/c1-4-26-24(27-13-5-6-20-7-10-22(11-8-20)19(2)3)29-17-21-9-12-23(28-16-21)30-15-14-25-18-30;/h7-12,14-16,18-19H,4-6,13,17H2,1-3H3,(H2,26,27,29);1H. The summed E-state index contributed by atoms with van der Waals surface area (Å²) >= 11 is 0. The molecule has 2 heterocycles. The molecule has 0 amide bonds. The highest BCUT2D eigenvalue weighted by Gasteiger charge is 2.02. The smallest absolute Gasteiger partial charge is 0.191 e. The molecule has 6 nitrogen and oxygen atoms in total. The van der Waals surface area contributed by atoms with E-state index in [9.17, 15) is 0 Å². The molecule has 0 saturated carbocycles. The van der Waals surface area contributed by atoms with Crippen LogP contribution in [0, 0.1) is 0 Å². The summed E-state index contributed by atoms with van der Waals surface area (Å²) in [6.45, 7) is 8.84. The van der Waals surface area contributed by atoms with E-state index in [2.05, 4.69) is 76.7 Å². The van der Waals surface area contributed by atoms with Crippen molar-refractivity contribution in [3.63, 3.8) is 0 Å². The molecule has 0 spiro atoms. The van der Waals surface area contributed by atoms with E-state index >= 15 is 0 Å². The lowest BCUT2D eigenvalue weighted by molar-refractivity contribution is 0.743. The van der Waals surface area contributed by atoms with Crippen LogP contribution in [0.2, 0.25) is 0 Å². The molecule has 0 aliphatic rings. The van der Waals surface area contributed by atoms with E-state index in [1.807, 2.05) is 23.0 Å². The molecule has 0 bridgehead atoms. The quantitative estimate of drug-likeness (QED) is 0.182. The van der Waals surface area contributed by atoms with Crippen molar-refractivity contribution in [1.82, 2.24) is 25.2 Å². The Morgan fingerprint density at radius 2 is 1.84 bits per heavy atom. The third-order valence-electron chi connectivity index (χ3n) is 4.92. The summed E-state index contributed by atoms with van der Waals surface area (Å²) in [5.74, 6) is 2.27. The van der Waals surface area contributed by atoms with Crippen molar-refractivity contribution in [2.45, 2.75) is 46.1 Å². The second-order valence-corrected chi connectivity index (χ2v) is 7.62. The predicted molar refractivity (Wildman–Crippen MR) is 138 cm³/mol. The van der Waals surface area contributed by atoms with Crippen LogP contribution in [0.5, 0.6) is 0 Å². The van der Waals surface area contributed by atoms with Gasteiger partial charge in [-0.15, -0.1) is 24.0 Å². The molecule has 0 radical (unpaired) electrons. The molecule has 0 fully saturated rings. The van der Waals surface area contributed by atoms with Crippen LogP contribution < -0.4 is 10.6 Å². The Balaban J connectivity index is 0.00000341. The molecule has 2 N–H and O–H groups in total. The van der Waals surface area contributed by atoms with Crippen LogP contribution in [-0.4, -0.2) is 33.6 Å². The largest absolute Gasteiger partial charge is 0.357 e. The molecular weight excluding hydrogens is 499 g/mol. The van der Waals surface area contributed by atoms with Crippen LogP contribution in [0.25, 0.3) is 5.82 Å². The van der Waals surface area contributed by atoms with Crippen molar-refractivity contribution in [2.24, 2.45) is 4.99 Å². The average Bonchev–Trinajstić information content (AvgIpc) is 3.30. The molecule has 0 saturated heterocycles. The molecule has 0 atom stereocenters. The van der Waals surface area contributed by atoms with Crippen molar-refractivity contribution in [3.05, 3.63) is 78.0 Å². The molecule has 0 aliphatic heterocycles. The topological polar surface area (TPSA) is 67.1 Å². The van der Waals surface area contributed by atoms with E-state index < -0.39 is 0 Å². The van der Waals surface area contributed by atoms with Crippen molar-refractivity contribution >= 4 is 29.9 Å². The molecule has 0 aliphatic carbocycles. The first-order valence-electron chi connectivity index (χ1n) is 10.7. The third-order valence-corrected chi connectivity index (χ3v) is 4.92. The Morgan fingerprint density at radius 3 is 2.45 bits per heavy atom. The SMILES string of the molecule is CCNC(=NCc1ccc(-n2ccnc2)nc1)NCCCc1ccc(C(C)C)cc1.I. The zero-order chi connectivity index (χ0) is 21.2. The number of nitrogens with zero attached hydrogens (tertiary/aromatic N) is 4. The molecular formula is C24H33IN6. The number of imidazole rings is 1. The first kappa shape index (κ1) is 24.8. The van der Waals surface area contributed by atoms with E-state index in [0.717, 1.165) is 43.3 Å². The van der Waals surface area contributed by atoms with Crippen LogP contribution in [0.3, 0.4) is 0 Å². The van der Waals surface area contributed by atoms with Crippen LogP contribution in [-0.2, 0) is 13.0 Å². The van der Waals surface area contributed by atoms with Gasteiger partial charge in [0.25, 0.3) is 0 Å². The maximum absolute atomic E-state index is 4.69. The Morgan fingerprint density at radius 1 is 1.06 bits per heavy atom. The minimum absolute atomic E-state index is 0. The van der Waals surface area contributed by atoms with E-state index in [1.54, 1.807) is 12.5 Å². The van der Waals surface area contributed by atoms with E-state index in [-0.39, 0.29) is 24.0 Å². The number of aliphatic imine (C=N–C) groups is 1. The Bertz CT molecular complexity index is 902. The maximum atomic E-state index is 4.69. The summed E-state index contributed by atoms with van der Waals surface area (Å²) in [4.78, 5) is 13.2. The van der Waals surface area contributed by atoms with Crippen LogP contribution >= 0.6 is 24.0 Å². The molecule has 1 aromatic carbocycles. The summed E-state index contributed by atoms with van der Waals surface area (Å²) in [5.41, 5.74) is 3.85. The summed E-state index contributed by atoms with van der Waals surface area (Å²) in [6.07, 6.45) is 9.35. The number of pyridine rings is 1. The van der Waals surface area contributed by atoms with Gasteiger partial charge in [-0.05, 0) is 48.4 Å². The highest BCUT2D eigenvalue weighted by atomic mass is 127. The van der Waals surface area contributed by atoms with Crippen LogP contribution in [0.4, 0.5) is 0 Å². The van der Waals surface area contributed by atoms with E-state index in [0.29, 0.717) is 12.5 Å². The minimum atomic E-state index is 0. The van der Waals surface area contributed by atoms with Gasteiger partial charge in [0, 0.05) is 31.7 Å². The lowest BCUT2D eigenvalue weighted by atomic mass is 10.0. The van der Waals surface area contributed by atoms with Gasteiger partial charge >= 0.3 is 0 Å². The number of halogens is 1. The Labute approximate surface area is 202 Å². The number of aryl methyl sites for hydroxylation is 1. The summed E-state index contributed by atoms with van der Waals surface area (Å²) < 4.78 is 1.88. The van der Waals surface area contributed by atoms with Gasteiger partial charge in [0.15, 0.2) is 5.96 Å². The number of benzene rings is 1. The van der Waals surface area contributed by atoms with E-state index in [4.69, 9.17) is 0 Å². The van der Waals surface area contributed by atoms with Gasteiger partial charge in [-0.25, -0.2) is 15.0 Å². The summed E-state index contributed by atoms with van der Waals surface area (Å²) in [6, 6.07) is 13.0. The first-order chi connectivity index (χ1) is 14.7. The van der Waals surface area contributed by atoms with Crippen LogP contribution in [0.1, 0.15) is 49.8 Å². The molecule has 3 aromatic rings. The molecule has 166 valence electrons. The fraction of sp³-hybridized carbons (Fsp3) is 0.375. The zero-order valence-electron chi connectivity index (χ0n) is 18.6. The lowest BCUT2D eigenvalue weighted by Crippen LogP contribution is -2.37. The third kappa shape index (κ3) is 7.97. The fourth-order valence-corrected chi connectivity index (χ4v) is 3.14. The highest BCUT2D eigenvalue weighted by molar-refractivity contribution is 14.0. The number of guanidine groups is 1. The highest BCUT2D eigenvalue weighted by Crippen LogP contribution is 2.15. The van der Waals surface area contributed by atoms with Gasteiger partial charge in [0.1, 0.15) is 12.1 Å². The number of aromatic nitrogens is 3. The molecule has 7 heteroatoms. The number of hydrogen-bond acceptors (Lipinski definition) is 3.